The summed E-state index contributed by atoms with van der Waals surface area (Å²) in [4.78, 5) is 4.31. The zero-order valence-corrected chi connectivity index (χ0v) is 13.1. The van der Waals surface area contributed by atoms with Gasteiger partial charge in [0.25, 0.3) is 0 Å². The van der Waals surface area contributed by atoms with Crippen LogP contribution in [-0.4, -0.2) is 19.9 Å². The van der Waals surface area contributed by atoms with Gasteiger partial charge in [0.05, 0.1) is 30.2 Å². The molecule has 5 heteroatoms. The Hall–Kier alpha value is -2.82. The van der Waals surface area contributed by atoms with Crippen molar-refractivity contribution in [2.45, 2.75) is 25.9 Å². The van der Waals surface area contributed by atoms with E-state index in [0.717, 1.165) is 23.4 Å². The van der Waals surface area contributed by atoms with Gasteiger partial charge in [0.2, 0.25) is 0 Å². The molecule has 0 saturated heterocycles. The number of phenols is 1. The van der Waals surface area contributed by atoms with E-state index in [0.29, 0.717) is 12.3 Å². The molecule has 2 heterocycles. The number of para-hydroxylation sites is 1. The van der Waals surface area contributed by atoms with Crippen LogP contribution in [0.15, 0.2) is 61.1 Å². The first kappa shape index (κ1) is 15.1. The van der Waals surface area contributed by atoms with Crippen molar-refractivity contribution in [2.75, 3.05) is 5.32 Å². The number of hydrogen-bond acceptors (Lipinski definition) is 4. The molecule has 0 radical (unpaired) electrons. The predicted octanol–water partition coefficient (Wildman–Crippen LogP) is 3.60. The number of nitrogens with one attached hydrogen (secondary N) is 1. The number of hydrogen-bond donors (Lipinski definition) is 2. The first-order valence-corrected chi connectivity index (χ1v) is 7.73. The van der Waals surface area contributed by atoms with Crippen molar-refractivity contribution in [3.8, 4) is 5.75 Å². The van der Waals surface area contributed by atoms with Gasteiger partial charge in [0.15, 0.2) is 0 Å². The van der Waals surface area contributed by atoms with Crippen molar-refractivity contribution in [1.29, 1.82) is 0 Å². The topological polar surface area (TPSA) is 63.0 Å². The number of rotatable bonds is 6. The van der Waals surface area contributed by atoms with Crippen molar-refractivity contribution < 1.29 is 5.11 Å². The molecule has 0 aliphatic rings. The number of anilines is 1. The molecule has 0 unspecified atom stereocenters. The monoisotopic (exact) mass is 308 g/mol. The van der Waals surface area contributed by atoms with Gasteiger partial charge < -0.3 is 10.4 Å². The van der Waals surface area contributed by atoms with Crippen LogP contribution in [0, 0.1) is 0 Å². The van der Waals surface area contributed by atoms with Gasteiger partial charge in [-0.2, -0.15) is 5.10 Å². The van der Waals surface area contributed by atoms with Crippen LogP contribution >= 0.6 is 0 Å². The molecule has 2 aromatic heterocycles. The maximum Gasteiger partial charge on any atom is 0.120 e. The molecule has 3 rings (SSSR count). The lowest BCUT2D eigenvalue weighted by Crippen LogP contribution is -2.09. The van der Waals surface area contributed by atoms with E-state index in [-0.39, 0.29) is 6.04 Å². The summed E-state index contributed by atoms with van der Waals surface area (Å²) in [5.41, 5.74) is 2.79. The third-order valence-electron chi connectivity index (χ3n) is 3.74. The molecule has 23 heavy (non-hydrogen) atoms. The number of benzene rings is 1. The smallest absolute Gasteiger partial charge is 0.120 e. The van der Waals surface area contributed by atoms with Gasteiger partial charge in [-0.05, 0) is 24.6 Å². The Morgan fingerprint density at radius 1 is 1.17 bits per heavy atom. The molecule has 0 spiro atoms. The summed E-state index contributed by atoms with van der Waals surface area (Å²) in [6.07, 6.45) is 6.40. The van der Waals surface area contributed by atoms with Crippen molar-refractivity contribution in [3.63, 3.8) is 0 Å². The molecule has 118 valence electrons. The van der Waals surface area contributed by atoms with Gasteiger partial charge in [-0.15, -0.1) is 0 Å². The summed E-state index contributed by atoms with van der Waals surface area (Å²) >= 11 is 0. The molecule has 3 aromatic rings. The highest BCUT2D eigenvalue weighted by Crippen LogP contribution is 2.28. The maximum absolute atomic E-state index is 10.0. The third kappa shape index (κ3) is 3.69. The van der Waals surface area contributed by atoms with Gasteiger partial charge in [0.1, 0.15) is 5.75 Å². The van der Waals surface area contributed by atoms with Gasteiger partial charge >= 0.3 is 0 Å². The molecule has 0 aliphatic heterocycles. The highest BCUT2D eigenvalue weighted by Gasteiger charge is 2.13. The largest absolute Gasteiger partial charge is 0.508 e. The molecule has 1 aromatic carbocycles. The highest BCUT2D eigenvalue weighted by atomic mass is 16.3. The molecule has 5 nitrogen and oxygen atoms in total. The fourth-order valence-corrected chi connectivity index (χ4v) is 2.57. The minimum Gasteiger partial charge on any atom is -0.508 e. The van der Waals surface area contributed by atoms with Crippen LogP contribution in [0.4, 0.5) is 5.69 Å². The molecule has 1 atom stereocenters. The number of pyridine rings is 1. The molecule has 0 bridgehead atoms. The summed E-state index contributed by atoms with van der Waals surface area (Å²) in [6.45, 7) is 2.72. The van der Waals surface area contributed by atoms with Gasteiger partial charge in [-0.1, -0.05) is 31.2 Å². The SMILES string of the molecule is CC[C@H](Nc1cnn(Cc2ccccn2)c1)c1ccccc1O. The minimum atomic E-state index is 0.0451. The van der Waals surface area contributed by atoms with Crippen LogP contribution < -0.4 is 5.32 Å². The third-order valence-corrected chi connectivity index (χ3v) is 3.74. The summed E-state index contributed by atoms with van der Waals surface area (Å²) in [5.74, 6) is 0.313. The predicted molar refractivity (Wildman–Crippen MR) is 90.3 cm³/mol. The van der Waals surface area contributed by atoms with E-state index < -0.39 is 0 Å². The second-order valence-electron chi connectivity index (χ2n) is 5.41. The van der Waals surface area contributed by atoms with E-state index in [1.807, 2.05) is 47.3 Å². The van der Waals surface area contributed by atoms with Crippen LogP contribution in [0.3, 0.4) is 0 Å². The number of nitrogens with zero attached hydrogens (tertiary/aromatic N) is 3. The fraction of sp³-hybridized carbons (Fsp3) is 0.222. The van der Waals surface area contributed by atoms with E-state index in [9.17, 15) is 5.11 Å². The van der Waals surface area contributed by atoms with E-state index >= 15 is 0 Å². The van der Waals surface area contributed by atoms with Crippen LogP contribution in [-0.2, 0) is 6.54 Å². The Balaban J connectivity index is 1.71. The number of aromatic nitrogens is 3. The summed E-state index contributed by atoms with van der Waals surface area (Å²) in [7, 11) is 0. The minimum absolute atomic E-state index is 0.0451. The van der Waals surface area contributed by atoms with E-state index in [2.05, 4.69) is 22.3 Å². The zero-order chi connectivity index (χ0) is 16.1. The standard InChI is InChI=1S/C18H20N4O/c1-2-17(16-8-3-4-9-18(16)23)21-15-11-20-22(13-15)12-14-7-5-6-10-19-14/h3-11,13,17,21,23H,2,12H2,1H3/t17-/m0/s1. The van der Waals surface area contributed by atoms with Crippen molar-refractivity contribution in [3.05, 3.63) is 72.3 Å². The lowest BCUT2D eigenvalue weighted by atomic mass is 10.0. The maximum atomic E-state index is 10.0. The molecular weight excluding hydrogens is 288 g/mol. The number of aromatic hydroxyl groups is 1. The second-order valence-corrected chi connectivity index (χ2v) is 5.41. The molecule has 0 fully saturated rings. The van der Waals surface area contributed by atoms with E-state index in [1.54, 1.807) is 18.5 Å². The lowest BCUT2D eigenvalue weighted by Gasteiger charge is -2.18. The Bertz CT molecular complexity index is 754. The molecule has 0 aliphatic carbocycles. The van der Waals surface area contributed by atoms with Crippen LogP contribution in [0.5, 0.6) is 5.75 Å². The van der Waals surface area contributed by atoms with Gasteiger partial charge in [-0.3, -0.25) is 9.67 Å². The zero-order valence-electron chi connectivity index (χ0n) is 13.1. The van der Waals surface area contributed by atoms with E-state index in [1.165, 1.54) is 0 Å². The van der Waals surface area contributed by atoms with Crippen LogP contribution in [0.2, 0.25) is 0 Å². The van der Waals surface area contributed by atoms with Crippen molar-refractivity contribution >= 4 is 5.69 Å². The fourth-order valence-electron chi connectivity index (χ4n) is 2.57. The quantitative estimate of drug-likeness (QED) is 0.730. The molecular formula is C18H20N4O. The Morgan fingerprint density at radius 3 is 2.74 bits per heavy atom. The Labute approximate surface area is 135 Å². The average Bonchev–Trinajstić information content (AvgIpc) is 3.01. The summed E-state index contributed by atoms with van der Waals surface area (Å²) in [5, 5.41) is 17.8. The molecule has 2 N–H and O–H groups in total. The summed E-state index contributed by atoms with van der Waals surface area (Å²) < 4.78 is 1.85. The lowest BCUT2D eigenvalue weighted by molar-refractivity contribution is 0.463. The van der Waals surface area contributed by atoms with Gasteiger partial charge in [-0.25, -0.2) is 0 Å². The normalized spacial score (nSPS) is 12.0. The molecule has 0 saturated carbocycles. The van der Waals surface area contributed by atoms with Crippen LogP contribution in [0.25, 0.3) is 0 Å². The van der Waals surface area contributed by atoms with Crippen LogP contribution in [0.1, 0.15) is 30.6 Å². The van der Waals surface area contributed by atoms with E-state index in [4.69, 9.17) is 0 Å². The van der Waals surface area contributed by atoms with Gasteiger partial charge in [0, 0.05) is 18.0 Å². The first-order valence-electron chi connectivity index (χ1n) is 7.73. The Morgan fingerprint density at radius 2 is 2.00 bits per heavy atom. The highest BCUT2D eigenvalue weighted by molar-refractivity contribution is 5.45. The average molecular weight is 308 g/mol. The second kappa shape index (κ2) is 6.96. The summed E-state index contributed by atoms with van der Waals surface area (Å²) in [6, 6.07) is 13.3. The Kier molecular flexibility index (Phi) is 4.57. The van der Waals surface area contributed by atoms with Crippen molar-refractivity contribution in [2.24, 2.45) is 0 Å². The number of phenolic OH excluding ortho intramolecular Hbond substituents is 1. The first-order chi connectivity index (χ1) is 11.3. The molecule has 0 amide bonds. The van der Waals surface area contributed by atoms with Crippen molar-refractivity contribution in [1.82, 2.24) is 14.8 Å².